The van der Waals surface area contributed by atoms with Crippen molar-refractivity contribution in [3.8, 4) is 0 Å². The molecule has 0 amide bonds. The van der Waals surface area contributed by atoms with Crippen LogP contribution in [-0.2, 0) is 9.84 Å². The highest BCUT2D eigenvalue weighted by atomic mass is 32.2. The van der Waals surface area contributed by atoms with E-state index in [-0.39, 0.29) is 17.7 Å². The maximum atomic E-state index is 13.4. The molecular formula is C12H17FO3S. The Hall–Kier alpha value is -0.940. The zero-order valence-corrected chi connectivity index (χ0v) is 10.8. The molecule has 3 nitrogen and oxygen atoms in total. The summed E-state index contributed by atoms with van der Waals surface area (Å²) in [6, 6.07) is 4.52. The van der Waals surface area contributed by atoms with Crippen LogP contribution in [0.3, 0.4) is 0 Å². The average molecular weight is 260 g/mol. The molecule has 1 rings (SSSR count). The van der Waals surface area contributed by atoms with Crippen LogP contribution >= 0.6 is 0 Å². The number of benzene rings is 1. The van der Waals surface area contributed by atoms with Crippen molar-refractivity contribution >= 4 is 9.84 Å². The second-order valence-corrected chi connectivity index (χ2v) is 6.57. The van der Waals surface area contributed by atoms with Crippen LogP contribution in [0.15, 0.2) is 18.2 Å². The molecule has 0 aliphatic heterocycles. The van der Waals surface area contributed by atoms with Gasteiger partial charge in [-0.1, -0.05) is 17.7 Å². The maximum absolute atomic E-state index is 13.4. The Morgan fingerprint density at radius 1 is 1.41 bits per heavy atom. The van der Waals surface area contributed by atoms with Crippen LogP contribution in [0.5, 0.6) is 0 Å². The predicted octanol–water partition coefficient (Wildman–Crippen LogP) is 1.99. The summed E-state index contributed by atoms with van der Waals surface area (Å²) in [6.07, 6.45) is 0.768. The quantitative estimate of drug-likeness (QED) is 0.881. The molecule has 1 aromatic rings. The van der Waals surface area contributed by atoms with Gasteiger partial charge in [0.15, 0.2) is 0 Å². The lowest BCUT2D eigenvalue weighted by atomic mass is 10.0. The summed E-state index contributed by atoms with van der Waals surface area (Å²) in [5.41, 5.74) is 1.10. The fourth-order valence-corrected chi connectivity index (χ4v) is 2.30. The number of hydrogen-bond acceptors (Lipinski definition) is 3. The molecule has 0 aromatic heterocycles. The van der Waals surface area contributed by atoms with Crippen molar-refractivity contribution in [3.63, 3.8) is 0 Å². The monoisotopic (exact) mass is 260 g/mol. The smallest absolute Gasteiger partial charge is 0.147 e. The van der Waals surface area contributed by atoms with E-state index in [0.717, 1.165) is 11.8 Å². The number of halogens is 1. The molecule has 1 N–H and O–H groups in total. The molecule has 1 atom stereocenters. The van der Waals surface area contributed by atoms with Gasteiger partial charge in [0.2, 0.25) is 0 Å². The van der Waals surface area contributed by atoms with E-state index in [2.05, 4.69) is 0 Å². The Morgan fingerprint density at radius 2 is 2.06 bits per heavy atom. The molecular weight excluding hydrogens is 243 g/mol. The number of aliphatic hydroxyl groups excluding tert-OH is 1. The first-order chi connectivity index (χ1) is 7.79. The summed E-state index contributed by atoms with van der Waals surface area (Å²) < 4.78 is 35.2. The largest absolute Gasteiger partial charge is 0.388 e. The molecule has 1 aromatic carbocycles. The molecule has 0 heterocycles. The highest BCUT2D eigenvalue weighted by molar-refractivity contribution is 7.90. The van der Waals surface area contributed by atoms with E-state index in [1.165, 1.54) is 6.07 Å². The summed E-state index contributed by atoms with van der Waals surface area (Å²) >= 11 is 0. The summed E-state index contributed by atoms with van der Waals surface area (Å²) in [5.74, 6) is -0.445. The van der Waals surface area contributed by atoms with Crippen LogP contribution in [0.1, 0.15) is 30.1 Å². The third kappa shape index (κ3) is 4.83. The minimum atomic E-state index is -3.03. The standard InChI is InChI=1S/C12H17FO3S/c1-9-5-6-11(13)10(8-9)12(14)4-3-7-17(2,15)16/h5-6,8,12,14H,3-4,7H2,1-2H3. The topological polar surface area (TPSA) is 54.4 Å². The average Bonchev–Trinajstić information content (AvgIpc) is 2.19. The van der Waals surface area contributed by atoms with Crippen LogP contribution in [0.2, 0.25) is 0 Å². The highest BCUT2D eigenvalue weighted by Gasteiger charge is 2.13. The third-order valence-corrected chi connectivity index (χ3v) is 3.53. The SMILES string of the molecule is Cc1ccc(F)c(C(O)CCCS(C)(=O)=O)c1. The van der Waals surface area contributed by atoms with Crippen LogP contribution in [0.4, 0.5) is 4.39 Å². The van der Waals surface area contributed by atoms with E-state index in [1.807, 2.05) is 6.92 Å². The summed E-state index contributed by atoms with van der Waals surface area (Å²) in [5, 5.41) is 9.79. The van der Waals surface area contributed by atoms with Gasteiger partial charge in [0.25, 0.3) is 0 Å². The second kappa shape index (κ2) is 5.60. The second-order valence-electron chi connectivity index (χ2n) is 4.31. The molecule has 1 unspecified atom stereocenters. The van der Waals surface area contributed by atoms with E-state index >= 15 is 0 Å². The van der Waals surface area contributed by atoms with Gasteiger partial charge in [0.05, 0.1) is 6.10 Å². The van der Waals surface area contributed by atoms with Gasteiger partial charge < -0.3 is 5.11 Å². The van der Waals surface area contributed by atoms with E-state index < -0.39 is 21.8 Å². The number of sulfone groups is 1. The Morgan fingerprint density at radius 3 is 2.65 bits per heavy atom. The van der Waals surface area contributed by atoms with Crippen LogP contribution in [-0.4, -0.2) is 25.5 Å². The van der Waals surface area contributed by atoms with E-state index in [1.54, 1.807) is 12.1 Å². The zero-order chi connectivity index (χ0) is 13.1. The maximum Gasteiger partial charge on any atom is 0.147 e. The zero-order valence-electron chi connectivity index (χ0n) is 9.98. The van der Waals surface area contributed by atoms with Gasteiger partial charge in [-0.25, -0.2) is 12.8 Å². The Balaban J connectivity index is 2.64. The van der Waals surface area contributed by atoms with Gasteiger partial charge in [0, 0.05) is 17.6 Å². The minimum Gasteiger partial charge on any atom is -0.388 e. The van der Waals surface area contributed by atoms with Gasteiger partial charge in [-0.2, -0.15) is 0 Å². The molecule has 0 fully saturated rings. The first kappa shape index (κ1) is 14.1. The van der Waals surface area contributed by atoms with Gasteiger partial charge >= 0.3 is 0 Å². The van der Waals surface area contributed by atoms with Crippen LogP contribution in [0.25, 0.3) is 0 Å². The van der Waals surface area contributed by atoms with Crippen molar-refractivity contribution in [3.05, 3.63) is 35.1 Å². The van der Waals surface area contributed by atoms with Crippen molar-refractivity contribution in [2.24, 2.45) is 0 Å². The van der Waals surface area contributed by atoms with Gasteiger partial charge in [0.1, 0.15) is 15.7 Å². The van der Waals surface area contributed by atoms with Crippen LogP contribution in [0, 0.1) is 12.7 Å². The van der Waals surface area contributed by atoms with Crippen LogP contribution < -0.4 is 0 Å². The number of aryl methyl sites for hydroxylation is 1. The number of aliphatic hydroxyl groups is 1. The number of rotatable bonds is 5. The minimum absolute atomic E-state index is 0.0114. The van der Waals surface area contributed by atoms with Crippen molar-refractivity contribution in [2.75, 3.05) is 12.0 Å². The summed E-state index contributed by atoms with van der Waals surface area (Å²) in [6.45, 7) is 1.81. The van der Waals surface area contributed by atoms with Crippen molar-refractivity contribution in [1.29, 1.82) is 0 Å². The van der Waals surface area contributed by atoms with E-state index in [4.69, 9.17) is 0 Å². The highest BCUT2D eigenvalue weighted by Crippen LogP contribution is 2.22. The number of hydrogen-bond donors (Lipinski definition) is 1. The lowest BCUT2D eigenvalue weighted by molar-refractivity contribution is 0.162. The Labute approximate surface area is 101 Å². The fraction of sp³-hybridized carbons (Fsp3) is 0.500. The molecule has 96 valence electrons. The lowest BCUT2D eigenvalue weighted by Gasteiger charge is -2.12. The van der Waals surface area contributed by atoms with Crippen molar-refractivity contribution in [2.45, 2.75) is 25.9 Å². The van der Waals surface area contributed by atoms with Gasteiger partial charge in [-0.3, -0.25) is 0 Å². The Kier molecular flexibility index (Phi) is 4.65. The molecule has 0 aliphatic rings. The molecule has 0 saturated heterocycles. The molecule has 0 saturated carbocycles. The van der Waals surface area contributed by atoms with Crippen molar-refractivity contribution in [1.82, 2.24) is 0 Å². The fourth-order valence-electron chi connectivity index (χ4n) is 1.61. The lowest BCUT2D eigenvalue weighted by Crippen LogP contribution is -2.07. The van der Waals surface area contributed by atoms with Crippen molar-refractivity contribution < 1.29 is 17.9 Å². The molecule has 0 radical (unpaired) electrons. The molecule has 17 heavy (non-hydrogen) atoms. The summed E-state index contributed by atoms with van der Waals surface area (Å²) in [4.78, 5) is 0. The van der Waals surface area contributed by atoms with Gasteiger partial charge in [-0.05, 0) is 25.8 Å². The molecule has 0 spiro atoms. The molecule has 0 aliphatic carbocycles. The van der Waals surface area contributed by atoms with E-state index in [0.29, 0.717) is 6.42 Å². The van der Waals surface area contributed by atoms with E-state index in [9.17, 15) is 17.9 Å². The Bertz CT molecular complexity index is 483. The normalized spacial score (nSPS) is 13.6. The predicted molar refractivity (Wildman–Crippen MR) is 65.0 cm³/mol. The first-order valence-corrected chi connectivity index (χ1v) is 7.47. The summed E-state index contributed by atoms with van der Waals surface area (Å²) in [7, 11) is -3.03. The first-order valence-electron chi connectivity index (χ1n) is 5.41. The molecule has 5 heteroatoms. The van der Waals surface area contributed by atoms with Gasteiger partial charge in [-0.15, -0.1) is 0 Å². The third-order valence-electron chi connectivity index (χ3n) is 2.50. The molecule has 0 bridgehead atoms.